The molecule has 0 saturated carbocycles. The number of anilines is 3. The fraction of sp³-hybridized carbons (Fsp3) is 0.107. The molecular weight excluding hydrogens is 598 g/mol. The molecule has 0 aliphatic rings. The van der Waals surface area contributed by atoms with Crippen LogP contribution in [-0.2, 0) is 31.0 Å². The Morgan fingerprint density at radius 2 is 1.38 bits per heavy atom. The molecule has 0 aliphatic carbocycles. The molecule has 0 bridgehead atoms. The van der Waals surface area contributed by atoms with Crippen LogP contribution in [0, 0.1) is 12.7 Å². The number of nitrogens with zero attached hydrogens (tertiary/aromatic N) is 1. The van der Waals surface area contributed by atoms with Crippen molar-refractivity contribution in [3.05, 3.63) is 114 Å². The second-order valence-corrected chi connectivity index (χ2v) is 12.6. The number of carbonyl (C=O) groups excluding carboxylic acids is 1. The molecule has 0 fully saturated rings. The standard InChI is InChI=1S/C28H23F4N3O5S2/c1-19-5-13-26(14-6-19)42(39,40)35(24-11-7-21(29)8-12-24)18-27(36)33-22-9-15-25(16-10-22)41(37,38)34-23-4-2-3-20(17-23)28(30,31)32/h2-17,34H,18H2,1H3,(H,33,36). The molecule has 4 rings (SSSR count). The minimum absolute atomic E-state index is 0.0363. The van der Waals surface area contributed by atoms with E-state index in [9.17, 15) is 39.2 Å². The maximum Gasteiger partial charge on any atom is 0.416 e. The van der Waals surface area contributed by atoms with Gasteiger partial charge in [-0.15, -0.1) is 0 Å². The maximum absolute atomic E-state index is 13.5. The lowest BCUT2D eigenvalue weighted by Gasteiger charge is -2.24. The van der Waals surface area contributed by atoms with E-state index in [0.29, 0.717) is 6.07 Å². The molecule has 0 spiro atoms. The summed E-state index contributed by atoms with van der Waals surface area (Å²) in [4.78, 5) is 12.5. The Morgan fingerprint density at radius 1 is 0.786 bits per heavy atom. The zero-order chi connectivity index (χ0) is 30.7. The van der Waals surface area contributed by atoms with Gasteiger partial charge >= 0.3 is 6.18 Å². The number of aryl methyl sites for hydroxylation is 1. The normalized spacial score (nSPS) is 12.0. The van der Waals surface area contributed by atoms with Crippen molar-refractivity contribution in [3.8, 4) is 0 Å². The summed E-state index contributed by atoms with van der Waals surface area (Å²) < 4.78 is 108. The fourth-order valence-electron chi connectivity index (χ4n) is 3.78. The molecular formula is C28H23F4N3O5S2. The van der Waals surface area contributed by atoms with Crippen molar-refractivity contribution < 1.29 is 39.2 Å². The average molecular weight is 622 g/mol. The number of alkyl halides is 3. The summed E-state index contributed by atoms with van der Waals surface area (Å²) in [6.07, 6.45) is -4.66. The van der Waals surface area contributed by atoms with E-state index in [2.05, 4.69) is 10.0 Å². The Hall–Kier alpha value is -4.43. The predicted octanol–water partition coefficient (Wildman–Crippen LogP) is 5.79. The average Bonchev–Trinajstić information content (AvgIpc) is 2.92. The number of rotatable bonds is 9. The molecule has 0 aromatic heterocycles. The lowest BCUT2D eigenvalue weighted by molar-refractivity contribution is -0.137. The number of sulfonamides is 2. The van der Waals surface area contributed by atoms with E-state index in [-0.39, 0.29) is 26.9 Å². The summed E-state index contributed by atoms with van der Waals surface area (Å²) >= 11 is 0. The molecule has 0 aliphatic heterocycles. The van der Waals surface area contributed by atoms with Crippen molar-refractivity contribution in [2.45, 2.75) is 22.9 Å². The van der Waals surface area contributed by atoms with Gasteiger partial charge in [0.1, 0.15) is 12.4 Å². The topological polar surface area (TPSA) is 113 Å². The van der Waals surface area contributed by atoms with Crippen molar-refractivity contribution in [1.82, 2.24) is 0 Å². The van der Waals surface area contributed by atoms with Gasteiger partial charge in [0.25, 0.3) is 20.0 Å². The first-order valence-corrected chi connectivity index (χ1v) is 15.0. The fourth-order valence-corrected chi connectivity index (χ4v) is 6.25. The van der Waals surface area contributed by atoms with Crippen LogP contribution < -0.4 is 14.3 Å². The van der Waals surface area contributed by atoms with E-state index in [4.69, 9.17) is 0 Å². The third-order valence-electron chi connectivity index (χ3n) is 5.90. The number of hydrogen-bond acceptors (Lipinski definition) is 5. The Labute approximate surface area is 239 Å². The highest BCUT2D eigenvalue weighted by Crippen LogP contribution is 2.31. The van der Waals surface area contributed by atoms with Crippen LogP contribution in [0.4, 0.5) is 34.6 Å². The Balaban J connectivity index is 1.51. The lowest BCUT2D eigenvalue weighted by Crippen LogP contribution is -2.38. The van der Waals surface area contributed by atoms with Crippen molar-refractivity contribution in [3.63, 3.8) is 0 Å². The van der Waals surface area contributed by atoms with E-state index in [1.54, 1.807) is 19.1 Å². The van der Waals surface area contributed by atoms with E-state index in [1.807, 2.05) is 0 Å². The zero-order valence-electron chi connectivity index (χ0n) is 21.8. The summed E-state index contributed by atoms with van der Waals surface area (Å²) in [6, 6.07) is 18.9. The Kier molecular flexibility index (Phi) is 8.59. The maximum atomic E-state index is 13.5. The van der Waals surface area contributed by atoms with Gasteiger partial charge in [-0.05, 0) is 85.8 Å². The first-order valence-electron chi connectivity index (χ1n) is 12.1. The zero-order valence-corrected chi connectivity index (χ0v) is 23.4. The van der Waals surface area contributed by atoms with Crippen LogP contribution in [-0.4, -0.2) is 29.3 Å². The van der Waals surface area contributed by atoms with Gasteiger partial charge in [-0.3, -0.25) is 13.8 Å². The van der Waals surface area contributed by atoms with Gasteiger partial charge in [-0.1, -0.05) is 23.8 Å². The molecule has 0 heterocycles. The van der Waals surface area contributed by atoms with Gasteiger partial charge in [-0.25, -0.2) is 21.2 Å². The third kappa shape index (κ3) is 7.25. The van der Waals surface area contributed by atoms with Crippen molar-refractivity contribution in [2.75, 3.05) is 20.9 Å². The highest BCUT2D eigenvalue weighted by Gasteiger charge is 2.31. The molecule has 4 aromatic rings. The van der Waals surface area contributed by atoms with Gasteiger partial charge in [0.15, 0.2) is 0 Å². The summed E-state index contributed by atoms with van der Waals surface area (Å²) in [5.74, 6) is -1.39. The Bertz CT molecular complexity index is 1790. The second kappa shape index (κ2) is 11.8. The smallest absolute Gasteiger partial charge is 0.325 e. The molecule has 8 nitrogen and oxygen atoms in total. The van der Waals surface area contributed by atoms with Gasteiger partial charge in [0.05, 0.1) is 21.0 Å². The van der Waals surface area contributed by atoms with Gasteiger partial charge in [-0.2, -0.15) is 13.2 Å². The first kappa shape index (κ1) is 30.5. The molecule has 42 heavy (non-hydrogen) atoms. The van der Waals surface area contributed by atoms with E-state index >= 15 is 0 Å². The minimum Gasteiger partial charge on any atom is -0.325 e. The van der Waals surface area contributed by atoms with E-state index in [0.717, 1.165) is 46.3 Å². The highest BCUT2D eigenvalue weighted by atomic mass is 32.2. The highest BCUT2D eigenvalue weighted by molar-refractivity contribution is 7.93. The van der Waals surface area contributed by atoms with Gasteiger partial charge in [0, 0.05) is 11.4 Å². The largest absolute Gasteiger partial charge is 0.416 e. The van der Waals surface area contributed by atoms with Crippen molar-refractivity contribution in [1.29, 1.82) is 0 Å². The number of hydrogen-bond donors (Lipinski definition) is 2. The van der Waals surface area contributed by atoms with Crippen LogP contribution in [0.25, 0.3) is 0 Å². The van der Waals surface area contributed by atoms with Crippen LogP contribution >= 0.6 is 0 Å². The summed E-state index contributed by atoms with van der Waals surface area (Å²) in [7, 11) is -8.53. The molecule has 1 amide bonds. The quantitative estimate of drug-likeness (QED) is 0.230. The molecule has 0 atom stereocenters. The van der Waals surface area contributed by atoms with Crippen LogP contribution in [0.3, 0.4) is 0 Å². The third-order valence-corrected chi connectivity index (χ3v) is 9.09. The number of amides is 1. The molecule has 14 heteroatoms. The van der Waals surface area contributed by atoms with Crippen LogP contribution in [0.2, 0.25) is 0 Å². The predicted molar refractivity (Wildman–Crippen MR) is 149 cm³/mol. The molecule has 0 unspecified atom stereocenters. The van der Waals surface area contributed by atoms with E-state index < -0.39 is 50.1 Å². The molecule has 220 valence electrons. The van der Waals surface area contributed by atoms with Crippen molar-refractivity contribution in [2.24, 2.45) is 0 Å². The number of nitrogens with one attached hydrogen (secondary N) is 2. The van der Waals surface area contributed by atoms with E-state index in [1.165, 1.54) is 42.5 Å². The summed E-state index contributed by atoms with van der Waals surface area (Å²) in [6.45, 7) is 1.08. The monoisotopic (exact) mass is 621 g/mol. The summed E-state index contributed by atoms with van der Waals surface area (Å²) in [5, 5.41) is 2.48. The number of carbonyl (C=O) groups is 1. The number of halogens is 4. The number of benzene rings is 4. The molecule has 0 saturated heterocycles. The minimum atomic E-state index is -4.66. The molecule has 2 N–H and O–H groups in total. The summed E-state index contributed by atoms with van der Waals surface area (Å²) in [5.41, 5.74) is -0.354. The Morgan fingerprint density at radius 3 is 1.98 bits per heavy atom. The van der Waals surface area contributed by atoms with Crippen LogP contribution in [0.1, 0.15) is 11.1 Å². The van der Waals surface area contributed by atoms with Gasteiger partial charge in [0.2, 0.25) is 5.91 Å². The SMILES string of the molecule is Cc1ccc(S(=O)(=O)N(CC(=O)Nc2ccc(S(=O)(=O)Nc3cccc(C(F)(F)F)c3)cc2)c2ccc(F)cc2)cc1. The van der Waals surface area contributed by atoms with Crippen molar-refractivity contribution >= 4 is 43.0 Å². The molecule has 4 aromatic carbocycles. The first-order chi connectivity index (χ1) is 19.6. The van der Waals surface area contributed by atoms with Crippen LogP contribution in [0.5, 0.6) is 0 Å². The van der Waals surface area contributed by atoms with Crippen LogP contribution in [0.15, 0.2) is 107 Å². The lowest BCUT2D eigenvalue weighted by atomic mass is 10.2. The van der Waals surface area contributed by atoms with Gasteiger partial charge < -0.3 is 5.32 Å². The molecule has 0 radical (unpaired) electrons. The second-order valence-electron chi connectivity index (χ2n) is 9.06.